The van der Waals surface area contributed by atoms with Crippen LogP contribution in [0.15, 0.2) is 17.5 Å². The smallest absolute Gasteiger partial charge is 0.410 e. The molecule has 1 amide bonds. The molecule has 0 aromatic carbocycles. The molecule has 1 fully saturated rings. The van der Waals surface area contributed by atoms with Crippen molar-refractivity contribution in [1.82, 2.24) is 10.2 Å². The Labute approximate surface area is 118 Å². The van der Waals surface area contributed by atoms with E-state index in [1.807, 2.05) is 31.7 Å². The van der Waals surface area contributed by atoms with Crippen LogP contribution in [0.1, 0.15) is 25.6 Å². The Morgan fingerprint density at radius 1 is 1.58 bits per heavy atom. The van der Waals surface area contributed by atoms with Crippen LogP contribution in [-0.4, -0.2) is 42.3 Å². The Morgan fingerprint density at radius 2 is 2.37 bits per heavy atom. The van der Waals surface area contributed by atoms with Crippen molar-refractivity contribution in [3.63, 3.8) is 0 Å². The zero-order chi connectivity index (χ0) is 13.9. The summed E-state index contributed by atoms with van der Waals surface area (Å²) in [5.41, 5.74) is -0.435. The van der Waals surface area contributed by atoms with Crippen molar-refractivity contribution in [2.75, 3.05) is 19.6 Å². The third-order valence-electron chi connectivity index (χ3n) is 3.00. The molecule has 1 aromatic rings. The lowest BCUT2D eigenvalue weighted by molar-refractivity contribution is 0.0122. The highest BCUT2D eigenvalue weighted by molar-refractivity contribution is 7.09. The molecule has 0 radical (unpaired) electrons. The second kappa shape index (κ2) is 5.92. The second-order valence-corrected chi connectivity index (χ2v) is 6.85. The maximum atomic E-state index is 12.2. The third-order valence-corrected chi connectivity index (χ3v) is 3.89. The molecule has 1 saturated heterocycles. The van der Waals surface area contributed by atoms with Gasteiger partial charge in [-0.1, -0.05) is 6.07 Å². The van der Waals surface area contributed by atoms with E-state index in [-0.39, 0.29) is 12.1 Å². The number of carbonyl (C=O) groups is 1. The highest BCUT2D eigenvalue weighted by atomic mass is 32.1. The molecule has 2 rings (SSSR count). The minimum Gasteiger partial charge on any atom is -0.444 e. The summed E-state index contributed by atoms with van der Waals surface area (Å²) >= 11 is 1.74. The van der Waals surface area contributed by atoms with Gasteiger partial charge >= 0.3 is 6.09 Å². The number of ether oxygens (including phenoxy) is 1. The largest absolute Gasteiger partial charge is 0.444 e. The summed E-state index contributed by atoms with van der Waals surface area (Å²) in [6.07, 6.45) is 0.694. The number of hydrogen-bond acceptors (Lipinski definition) is 4. The Balaban J connectivity index is 2.01. The lowest BCUT2D eigenvalue weighted by Crippen LogP contribution is -2.55. The van der Waals surface area contributed by atoms with Crippen LogP contribution in [0, 0.1) is 0 Å². The zero-order valence-electron chi connectivity index (χ0n) is 11.8. The zero-order valence-corrected chi connectivity index (χ0v) is 12.6. The molecule has 0 spiro atoms. The minimum absolute atomic E-state index is 0.183. The number of rotatable bonds is 2. The second-order valence-electron chi connectivity index (χ2n) is 5.82. The van der Waals surface area contributed by atoms with Crippen molar-refractivity contribution in [3.05, 3.63) is 22.4 Å². The first-order valence-corrected chi connectivity index (χ1v) is 7.56. The van der Waals surface area contributed by atoms with Crippen molar-refractivity contribution in [2.45, 2.75) is 38.8 Å². The van der Waals surface area contributed by atoms with Gasteiger partial charge in [-0.15, -0.1) is 11.3 Å². The van der Waals surface area contributed by atoms with E-state index in [4.69, 9.17) is 4.74 Å². The number of amides is 1. The lowest BCUT2D eigenvalue weighted by atomic mass is 10.1. The van der Waals surface area contributed by atoms with E-state index in [0.717, 1.165) is 19.5 Å². The normalized spacial score (nSPS) is 20.4. The van der Waals surface area contributed by atoms with Crippen LogP contribution in [0.2, 0.25) is 0 Å². The van der Waals surface area contributed by atoms with Gasteiger partial charge in [-0.3, -0.25) is 0 Å². The Bertz CT molecular complexity index is 412. The van der Waals surface area contributed by atoms with Gasteiger partial charge in [-0.05, 0) is 32.2 Å². The molecule has 4 nitrogen and oxygen atoms in total. The van der Waals surface area contributed by atoms with Gasteiger partial charge in [0.25, 0.3) is 0 Å². The summed E-state index contributed by atoms with van der Waals surface area (Å²) < 4.78 is 5.49. The monoisotopic (exact) mass is 282 g/mol. The van der Waals surface area contributed by atoms with Gasteiger partial charge in [0.05, 0.1) is 6.04 Å². The van der Waals surface area contributed by atoms with Gasteiger partial charge in [0.1, 0.15) is 5.60 Å². The number of nitrogens with zero attached hydrogens (tertiary/aromatic N) is 1. The molecule has 0 saturated carbocycles. The van der Waals surface area contributed by atoms with E-state index in [0.29, 0.717) is 6.54 Å². The van der Waals surface area contributed by atoms with Gasteiger partial charge in [0.2, 0.25) is 0 Å². The lowest BCUT2D eigenvalue weighted by Gasteiger charge is -2.37. The number of thiophene rings is 1. The first-order chi connectivity index (χ1) is 8.96. The van der Waals surface area contributed by atoms with Crippen molar-refractivity contribution in [2.24, 2.45) is 0 Å². The molecule has 1 aromatic heterocycles. The van der Waals surface area contributed by atoms with Gasteiger partial charge in [0.15, 0.2) is 0 Å². The molecular weight excluding hydrogens is 260 g/mol. The SMILES string of the molecule is CC(C)(C)OC(=O)N1CCNC[C@@H]1Cc1cccs1. The van der Waals surface area contributed by atoms with E-state index in [9.17, 15) is 4.79 Å². The molecule has 1 aliphatic heterocycles. The number of nitrogens with one attached hydrogen (secondary N) is 1. The van der Waals surface area contributed by atoms with E-state index in [1.165, 1.54) is 4.88 Å². The predicted octanol–water partition coefficient (Wildman–Crippen LogP) is 2.50. The summed E-state index contributed by atoms with van der Waals surface area (Å²) in [5, 5.41) is 5.42. The first-order valence-electron chi connectivity index (χ1n) is 6.68. The topological polar surface area (TPSA) is 41.6 Å². The quantitative estimate of drug-likeness (QED) is 0.906. The number of carbonyl (C=O) groups excluding carboxylic acids is 1. The molecule has 19 heavy (non-hydrogen) atoms. The molecule has 106 valence electrons. The fraction of sp³-hybridized carbons (Fsp3) is 0.643. The average molecular weight is 282 g/mol. The van der Waals surface area contributed by atoms with E-state index >= 15 is 0 Å². The van der Waals surface area contributed by atoms with Gasteiger partial charge < -0.3 is 15.0 Å². The van der Waals surface area contributed by atoms with Crippen LogP contribution in [0.5, 0.6) is 0 Å². The first kappa shape index (κ1) is 14.3. The standard InChI is InChI=1S/C14H22N2O2S/c1-14(2,3)18-13(17)16-7-6-15-10-11(16)9-12-5-4-8-19-12/h4-5,8,11,15H,6-7,9-10H2,1-3H3/t11-/m0/s1. The summed E-state index contributed by atoms with van der Waals surface area (Å²) in [5.74, 6) is 0. The van der Waals surface area contributed by atoms with Crippen LogP contribution < -0.4 is 5.32 Å². The Hall–Kier alpha value is -1.07. The Morgan fingerprint density at radius 3 is 3.00 bits per heavy atom. The highest BCUT2D eigenvalue weighted by Crippen LogP contribution is 2.18. The maximum Gasteiger partial charge on any atom is 0.410 e. The number of piperazine rings is 1. The predicted molar refractivity (Wildman–Crippen MR) is 77.6 cm³/mol. The van der Waals surface area contributed by atoms with Gasteiger partial charge in [-0.2, -0.15) is 0 Å². The number of hydrogen-bond donors (Lipinski definition) is 1. The van der Waals surface area contributed by atoms with Gasteiger partial charge in [0, 0.05) is 30.9 Å². The molecule has 1 aliphatic rings. The Kier molecular flexibility index (Phi) is 4.47. The van der Waals surface area contributed by atoms with E-state index in [1.54, 1.807) is 11.3 Å². The summed E-state index contributed by atoms with van der Waals surface area (Å²) in [4.78, 5) is 15.4. The van der Waals surface area contributed by atoms with Crippen LogP contribution in [-0.2, 0) is 11.2 Å². The molecule has 0 aliphatic carbocycles. The van der Waals surface area contributed by atoms with Crippen molar-refractivity contribution in [3.8, 4) is 0 Å². The molecule has 2 heterocycles. The van der Waals surface area contributed by atoms with Crippen molar-refractivity contribution in [1.29, 1.82) is 0 Å². The summed E-state index contributed by atoms with van der Waals surface area (Å²) in [7, 11) is 0. The summed E-state index contributed by atoms with van der Waals surface area (Å²) in [6, 6.07) is 4.35. The molecule has 1 atom stereocenters. The van der Waals surface area contributed by atoms with Crippen LogP contribution in [0.4, 0.5) is 4.79 Å². The van der Waals surface area contributed by atoms with Crippen molar-refractivity contribution >= 4 is 17.4 Å². The summed E-state index contributed by atoms with van der Waals surface area (Å²) in [6.45, 7) is 8.09. The van der Waals surface area contributed by atoms with Crippen LogP contribution in [0.3, 0.4) is 0 Å². The van der Waals surface area contributed by atoms with Crippen LogP contribution in [0.25, 0.3) is 0 Å². The van der Waals surface area contributed by atoms with Crippen LogP contribution >= 0.6 is 11.3 Å². The molecule has 0 unspecified atom stereocenters. The van der Waals surface area contributed by atoms with Gasteiger partial charge in [-0.25, -0.2) is 4.79 Å². The third kappa shape index (κ3) is 4.21. The van der Waals surface area contributed by atoms with E-state index < -0.39 is 5.60 Å². The molecular formula is C14H22N2O2S. The molecule has 5 heteroatoms. The fourth-order valence-corrected chi connectivity index (χ4v) is 2.94. The molecule has 0 bridgehead atoms. The van der Waals surface area contributed by atoms with Crippen molar-refractivity contribution < 1.29 is 9.53 Å². The fourth-order valence-electron chi connectivity index (χ4n) is 2.17. The molecule has 1 N–H and O–H groups in total. The average Bonchev–Trinajstić information content (AvgIpc) is 2.80. The maximum absolute atomic E-state index is 12.2. The minimum atomic E-state index is -0.435. The highest BCUT2D eigenvalue weighted by Gasteiger charge is 2.30. The van der Waals surface area contributed by atoms with E-state index in [2.05, 4.69) is 16.8 Å².